The summed E-state index contributed by atoms with van der Waals surface area (Å²) in [5.41, 5.74) is 8.77. The molecule has 6 nitrogen and oxygen atoms in total. The monoisotopic (exact) mass is 396 g/mol. The Kier molecular flexibility index (Phi) is 4.85. The highest BCUT2D eigenvalue weighted by atomic mass is 19.1. The maximum Gasteiger partial charge on any atom is 0.253 e. The molecule has 4 rings (SSSR count). The Labute approximate surface area is 165 Å². The van der Waals surface area contributed by atoms with Crippen molar-refractivity contribution in [1.82, 2.24) is 15.7 Å². The zero-order valence-corrected chi connectivity index (χ0v) is 15.7. The number of nitrogens with zero attached hydrogens (tertiary/aromatic N) is 1. The quantitative estimate of drug-likeness (QED) is 0.630. The van der Waals surface area contributed by atoms with Crippen molar-refractivity contribution in [3.63, 3.8) is 0 Å². The van der Waals surface area contributed by atoms with Crippen LogP contribution in [0.1, 0.15) is 27.5 Å². The molecular formula is C21H18F2N4O2. The van der Waals surface area contributed by atoms with Crippen molar-refractivity contribution < 1.29 is 18.3 Å². The summed E-state index contributed by atoms with van der Waals surface area (Å²) in [7, 11) is 2.91. The normalized spacial score (nSPS) is 14.8. The molecule has 29 heavy (non-hydrogen) atoms. The number of hydrogen-bond donors (Lipinski definition) is 3. The number of benzene rings is 2. The summed E-state index contributed by atoms with van der Waals surface area (Å²) < 4.78 is 34.2. The fraction of sp³-hybridized carbons (Fsp3) is 0.143. The van der Waals surface area contributed by atoms with E-state index >= 15 is 0 Å². The smallest absolute Gasteiger partial charge is 0.253 e. The van der Waals surface area contributed by atoms with Crippen LogP contribution in [0.3, 0.4) is 0 Å². The van der Waals surface area contributed by atoms with Crippen LogP contribution >= 0.6 is 0 Å². The standard InChI is InChI=1S/C21H18F2N4O2/c1-24-21(28)12-7-6-11(8-15(12)23)20-13-9-16(25-10-17(13)26-27-20)19-14(22)4-3-5-18(19)29-2/h3-10,20,26-27H,1-2H3,(H,24,28). The number of carbonyl (C=O) groups is 1. The fourth-order valence-corrected chi connectivity index (χ4v) is 3.39. The summed E-state index contributed by atoms with van der Waals surface area (Å²) in [6.07, 6.45) is 1.58. The zero-order chi connectivity index (χ0) is 20.5. The van der Waals surface area contributed by atoms with Crippen LogP contribution in [0.5, 0.6) is 5.75 Å². The number of anilines is 1. The molecule has 0 saturated carbocycles. The third-order valence-corrected chi connectivity index (χ3v) is 4.85. The molecule has 3 aromatic rings. The Morgan fingerprint density at radius 1 is 1.17 bits per heavy atom. The van der Waals surface area contributed by atoms with E-state index in [0.29, 0.717) is 22.7 Å². The SMILES string of the molecule is CNC(=O)c1ccc(C2NNc3cnc(-c4c(F)cccc4OC)cc32)cc1F. The summed E-state index contributed by atoms with van der Waals surface area (Å²) in [6.45, 7) is 0. The number of pyridine rings is 1. The van der Waals surface area contributed by atoms with Crippen LogP contribution in [0.4, 0.5) is 14.5 Å². The number of methoxy groups -OCH3 is 1. The van der Waals surface area contributed by atoms with Crippen molar-refractivity contribution in [2.75, 3.05) is 19.6 Å². The van der Waals surface area contributed by atoms with E-state index in [0.717, 1.165) is 5.56 Å². The topological polar surface area (TPSA) is 75.3 Å². The molecule has 0 spiro atoms. The second-order valence-electron chi connectivity index (χ2n) is 6.49. The van der Waals surface area contributed by atoms with Gasteiger partial charge in [-0.1, -0.05) is 12.1 Å². The van der Waals surface area contributed by atoms with E-state index in [1.165, 1.54) is 32.4 Å². The van der Waals surface area contributed by atoms with E-state index in [4.69, 9.17) is 4.74 Å². The summed E-state index contributed by atoms with van der Waals surface area (Å²) in [4.78, 5) is 16.1. The van der Waals surface area contributed by atoms with Crippen molar-refractivity contribution >= 4 is 11.6 Å². The Balaban J connectivity index is 1.76. The molecule has 0 aliphatic carbocycles. The van der Waals surface area contributed by atoms with E-state index < -0.39 is 23.6 Å². The summed E-state index contributed by atoms with van der Waals surface area (Å²) in [5, 5.41) is 2.41. The maximum atomic E-state index is 14.5. The van der Waals surface area contributed by atoms with Gasteiger partial charge in [-0.05, 0) is 35.9 Å². The van der Waals surface area contributed by atoms with Crippen LogP contribution in [-0.4, -0.2) is 25.0 Å². The molecule has 0 saturated heterocycles. The van der Waals surface area contributed by atoms with Gasteiger partial charge in [-0.25, -0.2) is 14.2 Å². The lowest BCUT2D eigenvalue weighted by molar-refractivity contribution is 0.0959. The molecule has 1 aliphatic heterocycles. The van der Waals surface area contributed by atoms with Gasteiger partial charge in [-0.2, -0.15) is 0 Å². The number of hydrazine groups is 1. The molecule has 1 unspecified atom stereocenters. The van der Waals surface area contributed by atoms with Gasteiger partial charge < -0.3 is 15.5 Å². The number of nitrogens with one attached hydrogen (secondary N) is 3. The van der Waals surface area contributed by atoms with E-state index in [9.17, 15) is 13.6 Å². The molecule has 0 radical (unpaired) electrons. The number of rotatable bonds is 4. The largest absolute Gasteiger partial charge is 0.496 e. The molecule has 2 heterocycles. The van der Waals surface area contributed by atoms with Gasteiger partial charge in [-0.15, -0.1) is 0 Å². The summed E-state index contributed by atoms with van der Waals surface area (Å²) in [5.74, 6) is -1.20. The predicted molar refractivity (Wildman–Crippen MR) is 105 cm³/mol. The van der Waals surface area contributed by atoms with Crippen LogP contribution in [-0.2, 0) is 0 Å². The molecule has 1 aromatic heterocycles. The number of ether oxygens (including phenoxy) is 1. The van der Waals surface area contributed by atoms with Crippen LogP contribution in [0.15, 0.2) is 48.7 Å². The van der Waals surface area contributed by atoms with Crippen LogP contribution in [0, 0.1) is 11.6 Å². The number of aromatic nitrogens is 1. The third kappa shape index (κ3) is 3.27. The lowest BCUT2D eigenvalue weighted by Crippen LogP contribution is -2.22. The first-order valence-electron chi connectivity index (χ1n) is 8.89. The van der Waals surface area contributed by atoms with E-state index in [1.807, 2.05) is 0 Å². The van der Waals surface area contributed by atoms with Gasteiger partial charge in [0.05, 0.1) is 41.9 Å². The highest BCUT2D eigenvalue weighted by Gasteiger charge is 2.27. The fourth-order valence-electron chi connectivity index (χ4n) is 3.39. The molecule has 8 heteroatoms. The Morgan fingerprint density at radius 2 is 2.00 bits per heavy atom. The molecule has 0 fully saturated rings. The van der Waals surface area contributed by atoms with Gasteiger partial charge in [0.25, 0.3) is 5.91 Å². The summed E-state index contributed by atoms with van der Waals surface area (Å²) in [6, 6.07) is 10.3. The molecule has 1 amide bonds. The first-order chi connectivity index (χ1) is 14.0. The lowest BCUT2D eigenvalue weighted by Gasteiger charge is -2.14. The average molecular weight is 396 g/mol. The molecule has 3 N–H and O–H groups in total. The van der Waals surface area contributed by atoms with Crippen molar-refractivity contribution in [3.05, 3.63) is 77.0 Å². The Hall–Kier alpha value is -3.52. The van der Waals surface area contributed by atoms with Gasteiger partial charge in [-0.3, -0.25) is 9.78 Å². The highest BCUT2D eigenvalue weighted by molar-refractivity contribution is 5.94. The van der Waals surface area contributed by atoms with E-state index in [1.54, 1.807) is 30.5 Å². The third-order valence-electron chi connectivity index (χ3n) is 4.85. The number of fused-ring (bicyclic) bond motifs is 1. The van der Waals surface area contributed by atoms with Gasteiger partial charge >= 0.3 is 0 Å². The Morgan fingerprint density at radius 3 is 2.72 bits per heavy atom. The van der Waals surface area contributed by atoms with Crippen molar-refractivity contribution in [2.24, 2.45) is 0 Å². The van der Waals surface area contributed by atoms with E-state index in [-0.39, 0.29) is 11.1 Å². The molecule has 2 aromatic carbocycles. The first kappa shape index (κ1) is 18.8. The summed E-state index contributed by atoms with van der Waals surface area (Å²) >= 11 is 0. The molecule has 148 valence electrons. The van der Waals surface area contributed by atoms with Gasteiger partial charge in [0.15, 0.2) is 0 Å². The van der Waals surface area contributed by atoms with Crippen molar-refractivity contribution in [2.45, 2.75) is 6.04 Å². The van der Waals surface area contributed by atoms with Crippen LogP contribution in [0.25, 0.3) is 11.3 Å². The minimum Gasteiger partial charge on any atom is -0.496 e. The van der Waals surface area contributed by atoms with Crippen LogP contribution < -0.4 is 20.9 Å². The molecule has 1 aliphatic rings. The molecule has 0 bridgehead atoms. The maximum absolute atomic E-state index is 14.5. The van der Waals surface area contributed by atoms with Gasteiger partial charge in [0.1, 0.15) is 17.4 Å². The van der Waals surface area contributed by atoms with Crippen LogP contribution in [0.2, 0.25) is 0 Å². The number of carbonyl (C=O) groups excluding carboxylic acids is 1. The van der Waals surface area contributed by atoms with Gasteiger partial charge in [0.2, 0.25) is 0 Å². The molecule has 1 atom stereocenters. The Bertz CT molecular complexity index is 1100. The zero-order valence-electron chi connectivity index (χ0n) is 15.7. The second kappa shape index (κ2) is 7.48. The van der Waals surface area contributed by atoms with Crippen molar-refractivity contribution in [1.29, 1.82) is 0 Å². The highest BCUT2D eigenvalue weighted by Crippen LogP contribution is 2.38. The number of halogens is 2. The number of amides is 1. The predicted octanol–water partition coefficient (Wildman–Crippen LogP) is 3.41. The van der Waals surface area contributed by atoms with E-state index in [2.05, 4.69) is 21.2 Å². The lowest BCUT2D eigenvalue weighted by atomic mass is 9.96. The number of hydrogen-bond acceptors (Lipinski definition) is 5. The van der Waals surface area contributed by atoms with Gasteiger partial charge in [0, 0.05) is 12.6 Å². The van der Waals surface area contributed by atoms with Crippen molar-refractivity contribution in [3.8, 4) is 17.0 Å². The molecular weight excluding hydrogens is 378 g/mol. The minimum atomic E-state index is -0.623. The first-order valence-corrected chi connectivity index (χ1v) is 8.89. The minimum absolute atomic E-state index is 0.0334. The average Bonchev–Trinajstić information content (AvgIpc) is 3.16. The second-order valence-corrected chi connectivity index (χ2v) is 6.49.